The Labute approximate surface area is 98.4 Å². The monoisotopic (exact) mass is 236 g/mol. The normalized spacial score (nSPS) is 20.7. The summed E-state index contributed by atoms with van der Waals surface area (Å²) in [5, 5.41) is 3.83. The molecule has 0 spiro atoms. The lowest BCUT2D eigenvalue weighted by Crippen LogP contribution is -2.10. The zero-order valence-electron chi connectivity index (χ0n) is 8.78. The number of imidazole rings is 1. The molecule has 0 radical (unpaired) electrons. The van der Waals surface area contributed by atoms with Crippen molar-refractivity contribution in [3.8, 4) is 0 Å². The van der Waals surface area contributed by atoms with E-state index in [0.717, 1.165) is 30.9 Å². The van der Waals surface area contributed by atoms with E-state index in [4.69, 9.17) is 17.3 Å². The van der Waals surface area contributed by atoms with E-state index in [9.17, 15) is 0 Å². The van der Waals surface area contributed by atoms with Gasteiger partial charge in [0.2, 0.25) is 0 Å². The maximum Gasteiger partial charge on any atom is 0.157 e. The van der Waals surface area contributed by atoms with Gasteiger partial charge in [-0.2, -0.15) is 0 Å². The number of nitrogen functional groups attached to an aromatic ring is 1. The van der Waals surface area contributed by atoms with Crippen molar-refractivity contribution < 1.29 is 0 Å². The summed E-state index contributed by atoms with van der Waals surface area (Å²) in [5.74, 6) is 1.44. The minimum absolute atomic E-state index is 0.432. The number of nitrogens with one attached hydrogen (secondary N) is 1. The summed E-state index contributed by atoms with van der Waals surface area (Å²) in [6, 6.07) is 3.77. The van der Waals surface area contributed by atoms with E-state index in [2.05, 4.69) is 10.3 Å². The Balaban J connectivity index is 2.22. The number of hydrogen-bond donors (Lipinski definition) is 2. The van der Waals surface area contributed by atoms with E-state index >= 15 is 0 Å². The van der Waals surface area contributed by atoms with E-state index in [1.807, 2.05) is 22.7 Å². The molecule has 0 aliphatic carbocycles. The van der Waals surface area contributed by atoms with Gasteiger partial charge in [-0.3, -0.25) is 0 Å². The quantitative estimate of drug-likeness (QED) is 0.792. The van der Waals surface area contributed by atoms with E-state index < -0.39 is 0 Å². The highest BCUT2D eigenvalue weighted by Crippen LogP contribution is 2.29. The molecule has 1 aliphatic heterocycles. The zero-order chi connectivity index (χ0) is 11.1. The first-order valence-corrected chi connectivity index (χ1v) is 5.78. The van der Waals surface area contributed by atoms with Crippen LogP contribution in [0.1, 0.15) is 18.2 Å². The summed E-state index contributed by atoms with van der Waals surface area (Å²) in [5.41, 5.74) is 7.41. The molecule has 5 heteroatoms. The molecule has 4 nitrogen and oxygen atoms in total. The molecule has 1 saturated heterocycles. The Morgan fingerprint density at radius 1 is 1.56 bits per heavy atom. The van der Waals surface area contributed by atoms with Crippen LogP contribution in [0.15, 0.2) is 18.3 Å². The SMILES string of the molecule is Nc1cccn2c(C3CCNC3)nc(Cl)c12. The third kappa shape index (κ3) is 1.37. The van der Waals surface area contributed by atoms with Crippen molar-refractivity contribution in [2.45, 2.75) is 12.3 Å². The molecule has 0 amide bonds. The van der Waals surface area contributed by atoms with Gasteiger partial charge >= 0.3 is 0 Å². The van der Waals surface area contributed by atoms with Crippen molar-refractivity contribution in [3.05, 3.63) is 29.3 Å². The van der Waals surface area contributed by atoms with E-state index in [1.165, 1.54) is 0 Å². The first kappa shape index (κ1) is 9.93. The molecule has 3 N–H and O–H groups in total. The minimum atomic E-state index is 0.432. The van der Waals surface area contributed by atoms with Gasteiger partial charge in [0, 0.05) is 18.7 Å². The molecule has 1 unspecified atom stereocenters. The second-order valence-corrected chi connectivity index (χ2v) is 4.49. The first-order valence-electron chi connectivity index (χ1n) is 5.40. The molecule has 84 valence electrons. The fraction of sp³-hybridized carbons (Fsp3) is 0.364. The van der Waals surface area contributed by atoms with Gasteiger partial charge in [-0.25, -0.2) is 4.98 Å². The number of hydrogen-bond acceptors (Lipinski definition) is 3. The molecule has 1 aliphatic rings. The second kappa shape index (κ2) is 3.64. The summed E-state index contributed by atoms with van der Waals surface area (Å²) >= 11 is 6.13. The van der Waals surface area contributed by atoms with Crippen LogP contribution in [0.2, 0.25) is 5.15 Å². The lowest BCUT2D eigenvalue weighted by atomic mass is 10.1. The highest BCUT2D eigenvalue weighted by Gasteiger charge is 2.23. The Bertz CT molecular complexity index is 528. The van der Waals surface area contributed by atoms with Crippen molar-refractivity contribution in [3.63, 3.8) is 0 Å². The zero-order valence-corrected chi connectivity index (χ0v) is 9.54. The van der Waals surface area contributed by atoms with Gasteiger partial charge in [0.1, 0.15) is 11.3 Å². The van der Waals surface area contributed by atoms with Crippen LogP contribution >= 0.6 is 11.6 Å². The molecule has 16 heavy (non-hydrogen) atoms. The molecule has 0 aromatic carbocycles. The van der Waals surface area contributed by atoms with Crippen molar-refractivity contribution >= 4 is 22.8 Å². The lowest BCUT2D eigenvalue weighted by molar-refractivity contribution is 0.699. The molecule has 3 heterocycles. The summed E-state index contributed by atoms with van der Waals surface area (Å²) in [7, 11) is 0. The van der Waals surface area contributed by atoms with Gasteiger partial charge < -0.3 is 15.5 Å². The Morgan fingerprint density at radius 3 is 3.19 bits per heavy atom. The van der Waals surface area contributed by atoms with Crippen molar-refractivity contribution in [2.75, 3.05) is 18.8 Å². The number of fused-ring (bicyclic) bond motifs is 1. The summed E-state index contributed by atoms with van der Waals surface area (Å²) in [6.07, 6.45) is 3.07. The van der Waals surface area contributed by atoms with Gasteiger partial charge in [-0.1, -0.05) is 11.6 Å². The van der Waals surface area contributed by atoms with Gasteiger partial charge in [0.25, 0.3) is 0 Å². The van der Waals surface area contributed by atoms with E-state index in [0.29, 0.717) is 16.8 Å². The number of pyridine rings is 1. The van der Waals surface area contributed by atoms with Crippen LogP contribution in [-0.2, 0) is 0 Å². The smallest absolute Gasteiger partial charge is 0.157 e. The molecule has 1 fully saturated rings. The highest BCUT2D eigenvalue weighted by atomic mass is 35.5. The van der Waals surface area contributed by atoms with Crippen LogP contribution in [0.3, 0.4) is 0 Å². The van der Waals surface area contributed by atoms with Gasteiger partial charge in [0.15, 0.2) is 5.15 Å². The fourth-order valence-corrected chi connectivity index (χ4v) is 2.59. The number of anilines is 1. The van der Waals surface area contributed by atoms with E-state index in [1.54, 1.807) is 0 Å². The summed E-state index contributed by atoms with van der Waals surface area (Å²) < 4.78 is 2.01. The van der Waals surface area contributed by atoms with Crippen LogP contribution in [0.5, 0.6) is 0 Å². The van der Waals surface area contributed by atoms with Gasteiger partial charge in [-0.15, -0.1) is 0 Å². The summed E-state index contributed by atoms with van der Waals surface area (Å²) in [6.45, 7) is 2.00. The molecular formula is C11H13ClN4. The number of halogens is 1. The molecule has 1 atom stereocenters. The Kier molecular flexibility index (Phi) is 2.26. The Hall–Kier alpha value is -1.26. The minimum Gasteiger partial charge on any atom is -0.397 e. The predicted octanol–water partition coefficient (Wildman–Crippen LogP) is 1.65. The first-order chi connectivity index (χ1) is 7.77. The molecular weight excluding hydrogens is 224 g/mol. The van der Waals surface area contributed by atoms with Gasteiger partial charge in [0.05, 0.1) is 5.69 Å². The number of nitrogens with zero attached hydrogens (tertiary/aromatic N) is 2. The average molecular weight is 237 g/mol. The van der Waals surface area contributed by atoms with Crippen molar-refractivity contribution in [2.24, 2.45) is 0 Å². The third-order valence-electron chi connectivity index (χ3n) is 3.11. The lowest BCUT2D eigenvalue weighted by Gasteiger charge is -2.07. The molecule has 3 rings (SSSR count). The van der Waals surface area contributed by atoms with Crippen LogP contribution < -0.4 is 11.1 Å². The molecule has 2 aromatic heterocycles. The van der Waals surface area contributed by atoms with E-state index in [-0.39, 0.29) is 0 Å². The highest BCUT2D eigenvalue weighted by molar-refractivity contribution is 6.33. The number of nitrogens with two attached hydrogens (primary N) is 1. The Morgan fingerprint density at radius 2 is 2.44 bits per heavy atom. The average Bonchev–Trinajstić information content (AvgIpc) is 2.86. The maximum atomic E-state index is 6.13. The molecule has 0 bridgehead atoms. The molecule has 2 aromatic rings. The third-order valence-corrected chi connectivity index (χ3v) is 3.37. The van der Waals surface area contributed by atoms with Crippen LogP contribution in [0.4, 0.5) is 5.69 Å². The number of aromatic nitrogens is 2. The van der Waals surface area contributed by atoms with Crippen molar-refractivity contribution in [1.82, 2.24) is 14.7 Å². The maximum absolute atomic E-state index is 6.13. The van der Waals surface area contributed by atoms with Crippen molar-refractivity contribution in [1.29, 1.82) is 0 Å². The predicted molar refractivity (Wildman–Crippen MR) is 64.8 cm³/mol. The largest absolute Gasteiger partial charge is 0.397 e. The van der Waals surface area contributed by atoms with Gasteiger partial charge in [-0.05, 0) is 25.1 Å². The fourth-order valence-electron chi connectivity index (χ4n) is 2.31. The standard InChI is InChI=1S/C11H13ClN4/c12-10-9-8(13)2-1-5-16(9)11(15-10)7-3-4-14-6-7/h1-2,5,7,14H,3-4,6,13H2. The van der Waals surface area contributed by atoms with Crippen LogP contribution in [0.25, 0.3) is 5.52 Å². The van der Waals surface area contributed by atoms with Crippen LogP contribution in [-0.4, -0.2) is 22.5 Å². The summed E-state index contributed by atoms with van der Waals surface area (Å²) in [4.78, 5) is 4.44. The molecule has 0 saturated carbocycles. The van der Waals surface area contributed by atoms with Crippen LogP contribution in [0, 0.1) is 0 Å². The topological polar surface area (TPSA) is 55.4 Å². The second-order valence-electron chi connectivity index (χ2n) is 4.13. The number of rotatable bonds is 1.